The second kappa shape index (κ2) is 8.64. The second-order valence-electron chi connectivity index (χ2n) is 8.55. The number of aromatic nitrogens is 8. The first-order valence-corrected chi connectivity index (χ1v) is 10.9. The maximum absolute atomic E-state index is 6.12. The Kier molecular flexibility index (Phi) is 5.50. The van der Waals surface area contributed by atoms with Gasteiger partial charge in [-0.05, 0) is 44.2 Å². The van der Waals surface area contributed by atoms with Gasteiger partial charge in [-0.2, -0.15) is 9.90 Å². The average molecular weight is 473 g/mol. The van der Waals surface area contributed by atoms with E-state index < -0.39 is 0 Å². The molecular formula is C23H21ClN10. The number of anilines is 2. The molecular weight excluding hydrogens is 452 g/mol. The molecule has 0 aliphatic rings. The van der Waals surface area contributed by atoms with Crippen molar-refractivity contribution in [2.45, 2.75) is 26.3 Å². The van der Waals surface area contributed by atoms with Crippen LogP contribution in [-0.4, -0.2) is 46.6 Å². The summed E-state index contributed by atoms with van der Waals surface area (Å²) in [5, 5.41) is 24.7. The minimum atomic E-state index is -0.268. The van der Waals surface area contributed by atoms with Crippen LogP contribution in [0, 0.1) is 0 Å². The van der Waals surface area contributed by atoms with E-state index in [2.05, 4.69) is 45.9 Å². The number of nitrogens with zero attached hydrogens (tertiary/aromatic N) is 8. The van der Waals surface area contributed by atoms with E-state index in [0.29, 0.717) is 33.5 Å². The van der Waals surface area contributed by atoms with E-state index in [1.165, 1.54) is 6.33 Å². The molecule has 5 rings (SSSR count). The smallest absolute Gasteiger partial charge is 0.205 e. The standard InChI is InChI=1S/C23H21ClN10/c1-23(2,3)34-32-19(31-33-34)17-10-5-4-7-14(17)12-25-21-18-20(26-13-27-22(18)30-29-21)28-16-9-6-8-15(24)11-16/h4-13H,1-3H3,(H2,26,27,28,29,30). The summed E-state index contributed by atoms with van der Waals surface area (Å²) < 4.78 is 0. The predicted octanol–water partition coefficient (Wildman–Crippen LogP) is 4.91. The van der Waals surface area contributed by atoms with Crippen molar-refractivity contribution < 1.29 is 0 Å². The van der Waals surface area contributed by atoms with E-state index >= 15 is 0 Å². The SMILES string of the molecule is CC(C)(C)n1nnc(-c2ccccc2C=Nc2[nH]nc3ncnc(Nc4cccc(Cl)c4)c23)n1. The van der Waals surface area contributed by atoms with Crippen molar-refractivity contribution >= 4 is 46.2 Å². The zero-order valence-electron chi connectivity index (χ0n) is 18.7. The highest BCUT2D eigenvalue weighted by atomic mass is 35.5. The van der Waals surface area contributed by atoms with Crippen molar-refractivity contribution in [1.29, 1.82) is 0 Å². The average Bonchev–Trinajstić information content (AvgIpc) is 3.46. The maximum atomic E-state index is 6.12. The molecule has 0 spiro atoms. The molecule has 0 saturated carbocycles. The molecule has 3 aromatic heterocycles. The van der Waals surface area contributed by atoms with E-state index in [9.17, 15) is 0 Å². The summed E-state index contributed by atoms with van der Waals surface area (Å²) in [6.07, 6.45) is 3.18. The molecule has 0 amide bonds. The second-order valence-corrected chi connectivity index (χ2v) is 8.98. The third kappa shape index (κ3) is 4.35. The number of aliphatic imine (C=N–C) groups is 1. The van der Waals surface area contributed by atoms with E-state index in [1.54, 1.807) is 11.0 Å². The number of hydrogen-bond donors (Lipinski definition) is 2. The maximum Gasteiger partial charge on any atom is 0.205 e. The van der Waals surface area contributed by atoms with E-state index in [4.69, 9.17) is 11.6 Å². The number of benzene rings is 2. The number of halogens is 1. The first kappa shape index (κ1) is 21.7. The third-order valence-electron chi connectivity index (χ3n) is 4.97. The van der Waals surface area contributed by atoms with Crippen LogP contribution in [0.4, 0.5) is 17.3 Å². The highest BCUT2D eigenvalue weighted by Gasteiger charge is 2.19. The lowest BCUT2D eigenvalue weighted by Gasteiger charge is -2.15. The number of H-pyrrole nitrogens is 1. The fourth-order valence-corrected chi connectivity index (χ4v) is 3.48. The molecule has 0 aliphatic heterocycles. The molecule has 0 atom stereocenters. The van der Waals surface area contributed by atoms with Gasteiger partial charge >= 0.3 is 0 Å². The summed E-state index contributed by atoms with van der Waals surface area (Å²) in [5.41, 5.74) is 2.67. The summed E-state index contributed by atoms with van der Waals surface area (Å²) in [6, 6.07) is 15.1. The monoisotopic (exact) mass is 472 g/mol. The highest BCUT2D eigenvalue weighted by molar-refractivity contribution is 6.30. The van der Waals surface area contributed by atoms with E-state index in [0.717, 1.165) is 16.8 Å². The number of tetrazole rings is 1. The first-order valence-electron chi connectivity index (χ1n) is 10.5. The Morgan fingerprint density at radius 2 is 1.94 bits per heavy atom. The van der Waals surface area contributed by atoms with Crippen LogP contribution in [0.5, 0.6) is 0 Å². The van der Waals surface area contributed by atoms with Crippen LogP contribution in [0.25, 0.3) is 22.4 Å². The lowest BCUT2D eigenvalue weighted by Crippen LogP contribution is -2.24. The fraction of sp³-hybridized carbons (Fsp3) is 0.174. The lowest BCUT2D eigenvalue weighted by atomic mass is 10.1. The zero-order valence-corrected chi connectivity index (χ0v) is 19.5. The number of fused-ring (bicyclic) bond motifs is 1. The molecule has 2 aromatic carbocycles. The molecule has 170 valence electrons. The van der Waals surface area contributed by atoms with Gasteiger partial charge in [-0.25, -0.2) is 15.0 Å². The van der Waals surface area contributed by atoms with Crippen molar-refractivity contribution in [3.63, 3.8) is 0 Å². The summed E-state index contributed by atoms with van der Waals surface area (Å²) >= 11 is 6.12. The summed E-state index contributed by atoms with van der Waals surface area (Å²) in [4.78, 5) is 14.9. The Morgan fingerprint density at radius 1 is 1.09 bits per heavy atom. The molecule has 0 unspecified atom stereocenters. The first-order chi connectivity index (χ1) is 16.4. The zero-order chi connectivity index (χ0) is 23.7. The van der Waals surface area contributed by atoms with Crippen molar-refractivity contribution in [2.75, 3.05) is 5.32 Å². The molecule has 0 radical (unpaired) electrons. The van der Waals surface area contributed by atoms with Gasteiger partial charge in [0.15, 0.2) is 11.5 Å². The van der Waals surface area contributed by atoms with Gasteiger partial charge < -0.3 is 5.32 Å². The van der Waals surface area contributed by atoms with Crippen LogP contribution >= 0.6 is 11.6 Å². The van der Waals surface area contributed by atoms with E-state index in [-0.39, 0.29) is 5.54 Å². The van der Waals surface area contributed by atoms with Crippen molar-refractivity contribution in [1.82, 2.24) is 40.4 Å². The Hall–Kier alpha value is -4.18. The van der Waals surface area contributed by atoms with Crippen LogP contribution in [0.1, 0.15) is 26.3 Å². The van der Waals surface area contributed by atoms with Gasteiger partial charge in [-0.15, -0.1) is 10.2 Å². The molecule has 34 heavy (non-hydrogen) atoms. The predicted molar refractivity (Wildman–Crippen MR) is 132 cm³/mol. The molecule has 0 fully saturated rings. The minimum absolute atomic E-state index is 0.268. The summed E-state index contributed by atoms with van der Waals surface area (Å²) in [7, 11) is 0. The molecule has 0 aliphatic carbocycles. The minimum Gasteiger partial charge on any atom is -0.339 e. The molecule has 2 N–H and O–H groups in total. The van der Waals surface area contributed by atoms with Gasteiger partial charge in [0, 0.05) is 28.1 Å². The van der Waals surface area contributed by atoms with Gasteiger partial charge in [0.2, 0.25) is 5.82 Å². The van der Waals surface area contributed by atoms with E-state index in [1.807, 2.05) is 69.3 Å². The van der Waals surface area contributed by atoms with Crippen LogP contribution < -0.4 is 5.32 Å². The normalized spacial score (nSPS) is 12.0. The molecule has 0 bridgehead atoms. The van der Waals surface area contributed by atoms with Gasteiger partial charge in [0.25, 0.3) is 0 Å². The fourth-order valence-electron chi connectivity index (χ4n) is 3.29. The highest BCUT2D eigenvalue weighted by Crippen LogP contribution is 2.30. The molecule has 10 nitrogen and oxygen atoms in total. The van der Waals surface area contributed by atoms with Gasteiger partial charge in [0.05, 0.1) is 5.54 Å². The van der Waals surface area contributed by atoms with Crippen LogP contribution in [0.15, 0.2) is 59.9 Å². The molecule has 3 heterocycles. The van der Waals surface area contributed by atoms with Gasteiger partial charge in [-0.1, -0.05) is 41.9 Å². The Labute approximate surface area is 200 Å². The van der Waals surface area contributed by atoms with Gasteiger partial charge in [0.1, 0.15) is 17.5 Å². The number of hydrogen-bond acceptors (Lipinski definition) is 8. The van der Waals surface area contributed by atoms with Gasteiger partial charge in [-0.3, -0.25) is 5.10 Å². The Morgan fingerprint density at radius 3 is 2.74 bits per heavy atom. The Balaban J connectivity index is 1.51. The number of rotatable bonds is 5. The van der Waals surface area contributed by atoms with Crippen molar-refractivity contribution in [2.24, 2.45) is 4.99 Å². The molecule has 11 heteroatoms. The topological polar surface area (TPSA) is 122 Å². The van der Waals surface area contributed by atoms with Crippen LogP contribution in [0.2, 0.25) is 5.02 Å². The van der Waals surface area contributed by atoms with Crippen molar-refractivity contribution in [3.05, 3.63) is 65.4 Å². The summed E-state index contributed by atoms with van der Waals surface area (Å²) in [6.45, 7) is 6.06. The number of nitrogens with one attached hydrogen (secondary N) is 2. The quantitative estimate of drug-likeness (QED) is 0.348. The number of aromatic amines is 1. The lowest BCUT2D eigenvalue weighted by molar-refractivity contribution is 0.306. The summed E-state index contributed by atoms with van der Waals surface area (Å²) in [5.74, 6) is 1.61. The molecule has 5 aromatic rings. The molecule has 0 saturated heterocycles. The third-order valence-corrected chi connectivity index (χ3v) is 5.20. The Bertz CT molecular complexity index is 1500. The largest absolute Gasteiger partial charge is 0.339 e. The van der Waals surface area contributed by atoms with Crippen molar-refractivity contribution in [3.8, 4) is 11.4 Å². The van der Waals surface area contributed by atoms with Crippen LogP contribution in [0.3, 0.4) is 0 Å². The van der Waals surface area contributed by atoms with Crippen LogP contribution in [-0.2, 0) is 5.54 Å².